The van der Waals surface area contributed by atoms with Crippen molar-refractivity contribution in [2.75, 3.05) is 13.1 Å². The van der Waals surface area contributed by atoms with Gasteiger partial charge in [0.25, 0.3) is 5.91 Å². The zero-order chi connectivity index (χ0) is 18.0. The lowest BCUT2D eigenvalue weighted by Crippen LogP contribution is -2.35. The Morgan fingerprint density at radius 2 is 2.12 bits per heavy atom. The molecule has 3 rings (SSSR count). The Morgan fingerprint density at radius 1 is 1.32 bits per heavy atom. The van der Waals surface area contributed by atoms with Crippen molar-refractivity contribution in [3.05, 3.63) is 51.7 Å². The van der Waals surface area contributed by atoms with Crippen LogP contribution in [-0.4, -0.2) is 31.7 Å². The Bertz CT molecular complexity index is 872. The fraction of sp³-hybridized carbons (Fsp3) is 0.389. The van der Waals surface area contributed by atoms with E-state index in [4.69, 9.17) is 0 Å². The lowest BCUT2D eigenvalue weighted by molar-refractivity contribution is 0.0949. The third-order valence-corrected chi connectivity index (χ3v) is 7.04. The van der Waals surface area contributed by atoms with E-state index in [9.17, 15) is 13.2 Å². The van der Waals surface area contributed by atoms with Gasteiger partial charge in [-0.05, 0) is 47.5 Å². The first-order valence-corrected chi connectivity index (χ1v) is 10.6. The van der Waals surface area contributed by atoms with Crippen LogP contribution < -0.4 is 5.32 Å². The molecule has 1 aromatic carbocycles. The van der Waals surface area contributed by atoms with Crippen molar-refractivity contribution in [1.29, 1.82) is 0 Å². The maximum atomic E-state index is 13.0. The van der Waals surface area contributed by atoms with Gasteiger partial charge in [-0.2, -0.15) is 4.31 Å². The zero-order valence-corrected chi connectivity index (χ0v) is 16.0. The van der Waals surface area contributed by atoms with Crippen LogP contribution in [0, 0.1) is 5.92 Å². The summed E-state index contributed by atoms with van der Waals surface area (Å²) in [5.41, 5.74) is 1.45. The number of hydrogen-bond acceptors (Lipinski definition) is 4. The molecule has 0 bridgehead atoms. The number of carbonyl (C=O) groups is 1. The van der Waals surface area contributed by atoms with Crippen molar-refractivity contribution >= 4 is 27.3 Å². The molecule has 0 saturated heterocycles. The number of carbonyl (C=O) groups excluding carboxylic acids is 1. The standard InChI is InChI=1S/C18H22N2O3S2/c1-13(2)11-19-18(21)14-4-3-5-16(10-14)25(22,23)20-8-6-17-15(12-20)7-9-24-17/h3-5,7,9-10,13H,6,8,11-12H2,1-2H3,(H,19,21). The van der Waals surface area contributed by atoms with Crippen LogP contribution in [0.3, 0.4) is 0 Å². The second-order valence-electron chi connectivity index (χ2n) is 6.59. The predicted molar refractivity (Wildman–Crippen MR) is 99.2 cm³/mol. The molecule has 0 saturated carbocycles. The van der Waals surface area contributed by atoms with Gasteiger partial charge in [-0.15, -0.1) is 11.3 Å². The highest BCUT2D eigenvalue weighted by atomic mass is 32.2. The SMILES string of the molecule is CC(C)CNC(=O)c1cccc(S(=O)(=O)N2CCc3sccc3C2)c1. The average molecular weight is 379 g/mol. The van der Waals surface area contributed by atoms with E-state index in [-0.39, 0.29) is 10.8 Å². The first kappa shape index (κ1) is 18.1. The van der Waals surface area contributed by atoms with E-state index >= 15 is 0 Å². The summed E-state index contributed by atoms with van der Waals surface area (Å²) < 4.78 is 27.4. The van der Waals surface area contributed by atoms with Crippen LogP contribution >= 0.6 is 11.3 Å². The van der Waals surface area contributed by atoms with Crippen molar-refractivity contribution in [3.8, 4) is 0 Å². The van der Waals surface area contributed by atoms with Crippen LogP contribution in [-0.2, 0) is 23.0 Å². The van der Waals surface area contributed by atoms with Gasteiger partial charge in [0.2, 0.25) is 10.0 Å². The second-order valence-corrected chi connectivity index (χ2v) is 9.53. The molecule has 7 heteroatoms. The number of sulfonamides is 1. The lowest BCUT2D eigenvalue weighted by Gasteiger charge is -2.26. The largest absolute Gasteiger partial charge is 0.352 e. The number of rotatable bonds is 5. The molecule has 25 heavy (non-hydrogen) atoms. The van der Waals surface area contributed by atoms with Gasteiger partial charge in [0.05, 0.1) is 4.90 Å². The van der Waals surface area contributed by atoms with Gasteiger partial charge in [0, 0.05) is 30.1 Å². The van der Waals surface area contributed by atoms with E-state index in [0.717, 1.165) is 12.0 Å². The van der Waals surface area contributed by atoms with E-state index in [2.05, 4.69) is 5.32 Å². The number of nitrogens with zero attached hydrogens (tertiary/aromatic N) is 1. The molecule has 134 valence electrons. The Morgan fingerprint density at radius 3 is 2.88 bits per heavy atom. The summed E-state index contributed by atoms with van der Waals surface area (Å²) >= 11 is 1.67. The predicted octanol–water partition coefficient (Wildman–Crippen LogP) is 2.88. The Balaban J connectivity index is 1.81. The molecule has 0 atom stereocenters. The van der Waals surface area contributed by atoms with E-state index in [1.807, 2.05) is 25.3 Å². The van der Waals surface area contributed by atoms with Gasteiger partial charge in [-0.1, -0.05) is 19.9 Å². The summed E-state index contributed by atoms with van der Waals surface area (Å²) in [6, 6.07) is 8.27. The number of thiophene rings is 1. The minimum atomic E-state index is -3.61. The van der Waals surface area contributed by atoms with Crippen molar-refractivity contribution < 1.29 is 13.2 Å². The number of amides is 1. The van der Waals surface area contributed by atoms with E-state index in [1.54, 1.807) is 29.5 Å². The highest BCUT2D eigenvalue weighted by Gasteiger charge is 2.29. The maximum absolute atomic E-state index is 13.0. The summed E-state index contributed by atoms with van der Waals surface area (Å²) in [6.45, 7) is 5.44. The van der Waals surface area contributed by atoms with Gasteiger partial charge in [0.15, 0.2) is 0 Å². The van der Waals surface area contributed by atoms with E-state index in [1.165, 1.54) is 15.2 Å². The first-order valence-electron chi connectivity index (χ1n) is 8.31. The van der Waals surface area contributed by atoms with E-state index in [0.29, 0.717) is 31.1 Å². The molecule has 5 nitrogen and oxygen atoms in total. The molecule has 0 aliphatic carbocycles. The molecule has 0 unspecified atom stereocenters. The third kappa shape index (κ3) is 3.94. The average Bonchev–Trinajstić information content (AvgIpc) is 3.07. The number of fused-ring (bicyclic) bond motifs is 1. The van der Waals surface area contributed by atoms with E-state index < -0.39 is 10.0 Å². The van der Waals surface area contributed by atoms with Gasteiger partial charge in [-0.25, -0.2) is 8.42 Å². The Hall–Kier alpha value is -1.70. The monoisotopic (exact) mass is 378 g/mol. The van der Waals surface area contributed by atoms with Crippen LogP contribution in [0.25, 0.3) is 0 Å². The van der Waals surface area contributed by atoms with Crippen LogP contribution in [0.1, 0.15) is 34.6 Å². The molecular formula is C18H22N2O3S2. The summed E-state index contributed by atoms with van der Waals surface area (Å²) in [7, 11) is -3.61. The number of benzene rings is 1. The number of nitrogens with one attached hydrogen (secondary N) is 1. The van der Waals surface area contributed by atoms with Crippen LogP contribution in [0.5, 0.6) is 0 Å². The van der Waals surface area contributed by atoms with Gasteiger partial charge in [-0.3, -0.25) is 4.79 Å². The van der Waals surface area contributed by atoms with Crippen LogP contribution in [0.4, 0.5) is 0 Å². The fourth-order valence-corrected chi connectivity index (χ4v) is 5.13. The van der Waals surface area contributed by atoms with Gasteiger partial charge < -0.3 is 5.32 Å². The molecule has 0 spiro atoms. The Kier molecular flexibility index (Phi) is 5.27. The van der Waals surface area contributed by atoms with Crippen molar-refractivity contribution in [2.45, 2.75) is 31.7 Å². The third-order valence-electron chi connectivity index (χ3n) is 4.18. The molecule has 0 fully saturated rings. The normalized spacial score (nSPS) is 15.2. The summed E-state index contributed by atoms with van der Waals surface area (Å²) in [4.78, 5) is 13.6. The molecule has 1 N–H and O–H groups in total. The second kappa shape index (κ2) is 7.27. The quantitative estimate of drug-likeness (QED) is 0.870. The van der Waals surface area contributed by atoms with Gasteiger partial charge >= 0.3 is 0 Å². The highest BCUT2D eigenvalue weighted by molar-refractivity contribution is 7.89. The summed E-state index contributed by atoms with van der Waals surface area (Å²) in [5.74, 6) is 0.0912. The molecular weight excluding hydrogens is 356 g/mol. The van der Waals surface area contributed by atoms with Crippen molar-refractivity contribution in [1.82, 2.24) is 9.62 Å². The van der Waals surface area contributed by atoms with Crippen LogP contribution in [0.15, 0.2) is 40.6 Å². The number of hydrogen-bond donors (Lipinski definition) is 1. The molecule has 2 heterocycles. The molecule has 1 aliphatic heterocycles. The lowest BCUT2D eigenvalue weighted by atomic mass is 10.1. The fourth-order valence-electron chi connectivity index (χ4n) is 2.77. The first-order chi connectivity index (χ1) is 11.9. The minimum absolute atomic E-state index is 0.170. The summed E-state index contributed by atoms with van der Waals surface area (Å²) in [5, 5.41) is 4.82. The van der Waals surface area contributed by atoms with Crippen molar-refractivity contribution in [3.63, 3.8) is 0 Å². The summed E-state index contributed by atoms with van der Waals surface area (Å²) in [6.07, 6.45) is 0.737. The zero-order valence-electron chi connectivity index (χ0n) is 14.4. The Labute approximate surface area is 152 Å². The molecule has 0 radical (unpaired) electrons. The smallest absolute Gasteiger partial charge is 0.251 e. The molecule has 1 aliphatic rings. The molecule has 2 aromatic rings. The minimum Gasteiger partial charge on any atom is -0.352 e. The van der Waals surface area contributed by atoms with Crippen LogP contribution in [0.2, 0.25) is 0 Å². The van der Waals surface area contributed by atoms with Gasteiger partial charge in [0.1, 0.15) is 0 Å². The molecule has 1 amide bonds. The maximum Gasteiger partial charge on any atom is 0.251 e. The highest BCUT2D eigenvalue weighted by Crippen LogP contribution is 2.28. The van der Waals surface area contributed by atoms with Crippen molar-refractivity contribution in [2.24, 2.45) is 5.92 Å². The topological polar surface area (TPSA) is 66.5 Å². The molecule has 1 aromatic heterocycles.